The molecule has 1 aromatic carbocycles. The molecule has 1 fully saturated rings. The van der Waals surface area contributed by atoms with Crippen molar-refractivity contribution in [2.75, 3.05) is 11.9 Å². The minimum Gasteiger partial charge on any atom is -0.480 e. The molecule has 0 aromatic heterocycles. The van der Waals surface area contributed by atoms with E-state index in [1.54, 1.807) is 12.1 Å². The molecule has 2 aliphatic heterocycles. The van der Waals surface area contributed by atoms with E-state index in [0.29, 0.717) is 25.1 Å². The van der Waals surface area contributed by atoms with Gasteiger partial charge in [-0.25, -0.2) is 4.79 Å². The Morgan fingerprint density at radius 1 is 1.19 bits per heavy atom. The standard InChI is InChI=1S/C21H24N4O7/c1-11(26)23-14(21(31)32)6-2-3-10-22-13-7-4-5-12-17(13)20(30)25(19(12)29)15-8-9-16(27)24-18(15)28/h4-5,7,14-15,22H,2-3,6,8-10H2,1H3,(H,23,26)(H,31,32)(H,24,27,28)/t14-,15?/m0/s1. The summed E-state index contributed by atoms with van der Waals surface area (Å²) in [6.45, 7) is 1.66. The van der Waals surface area contributed by atoms with Crippen LogP contribution in [0.1, 0.15) is 59.7 Å². The van der Waals surface area contributed by atoms with Gasteiger partial charge in [-0.15, -0.1) is 0 Å². The fraction of sp³-hybridized carbons (Fsp3) is 0.429. The molecule has 32 heavy (non-hydrogen) atoms. The molecule has 4 N–H and O–H groups in total. The van der Waals surface area contributed by atoms with Gasteiger partial charge in [0.1, 0.15) is 12.1 Å². The highest BCUT2D eigenvalue weighted by atomic mass is 16.4. The van der Waals surface area contributed by atoms with Crippen molar-refractivity contribution in [2.45, 2.75) is 51.1 Å². The van der Waals surface area contributed by atoms with Gasteiger partial charge in [0.25, 0.3) is 11.8 Å². The number of carboxylic acids is 1. The Bertz CT molecular complexity index is 990. The van der Waals surface area contributed by atoms with Crippen molar-refractivity contribution in [1.82, 2.24) is 15.5 Å². The zero-order valence-electron chi connectivity index (χ0n) is 17.5. The molecule has 2 aliphatic rings. The minimum atomic E-state index is -1.10. The quantitative estimate of drug-likeness (QED) is 0.311. The molecule has 1 saturated heterocycles. The number of rotatable bonds is 9. The summed E-state index contributed by atoms with van der Waals surface area (Å²) >= 11 is 0. The number of carbonyl (C=O) groups is 6. The first kappa shape index (κ1) is 22.9. The van der Waals surface area contributed by atoms with E-state index in [0.717, 1.165) is 4.90 Å². The summed E-state index contributed by atoms with van der Waals surface area (Å²) in [4.78, 5) is 72.5. The van der Waals surface area contributed by atoms with Crippen molar-refractivity contribution in [3.8, 4) is 0 Å². The minimum absolute atomic E-state index is 0.0464. The van der Waals surface area contributed by atoms with Gasteiger partial charge in [-0.1, -0.05) is 6.07 Å². The van der Waals surface area contributed by atoms with Gasteiger partial charge < -0.3 is 15.7 Å². The molecular formula is C21H24N4O7. The van der Waals surface area contributed by atoms with E-state index >= 15 is 0 Å². The number of nitrogens with one attached hydrogen (secondary N) is 3. The topological polar surface area (TPSA) is 162 Å². The molecule has 0 bridgehead atoms. The van der Waals surface area contributed by atoms with Crippen LogP contribution in [0, 0.1) is 0 Å². The van der Waals surface area contributed by atoms with Gasteiger partial charge in [0.05, 0.1) is 11.1 Å². The maximum atomic E-state index is 13.0. The van der Waals surface area contributed by atoms with Gasteiger partial charge in [0.2, 0.25) is 17.7 Å². The SMILES string of the molecule is CC(=O)N[C@@H](CCCCNc1cccc2c1C(=O)N(C1CCC(=O)NC1=O)C2=O)C(=O)O. The van der Waals surface area contributed by atoms with E-state index in [1.165, 1.54) is 13.0 Å². The summed E-state index contributed by atoms with van der Waals surface area (Å²) in [5.74, 6) is -3.81. The average Bonchev–Trinajstić information content (AvgIpc) is 2.98. The number of hydrogen-bond donors (Lipinski definition) is 4. The summed E-state index contributed by atoms with van der Waals surface area (Å²) in [5.41, 5.74) is 0.789. The number of unbranched alkanes of at least 4 members (excludes halogenated alkanes) is 1. The highest BCUT2D eigenvalue weighted by Crippen LogP contribution is 2.32. The first-order valence-corrected chi connectivity index (χ1v) is 10.3. The van der Waals surface area contributed by atoms with Gasteiger partial charge in [-0.2, -0.15) is 0 Å². The van der Waals surface area contributed by atoms with Crippen LogP contribution in [0.2, 0.25) is 0 Å². The number of carbonyl (C=O) groups excluding carboxylic acids is 5. The van der Waals surface area contributed by atoms with E-state index < -0.39 is 47.6 Å². The van der Waals surface area contributed by atoms with Crippen LogP contribution in [0.15, 0.2) is 18.2 Å². The summed E-state index contributed by atoms with van der Waals surface area (Å²) in [6.07, 6.45) is 1.45. The number of amides is 5. The van der Waals surface area contributed by atoms with Crippen molar-refractivity contribution in [3.05, 3.63) is 29.3 Å². The first-order valence-electron chi connectivity index (χ1n) is 10.3. The van der Waals surface area contributed by atoms with Crippen LogP contribution in [0.3, 0.4) is 0 Å². The van der Waals surface area contributed by atoms with Crippen LogP contribution in [-0.4, -0.2) is 64.1 Å². The maximum Gasteiger partial charge on any atom is 0.326 e. The number of benzene rings is 1. The summed E-state index contributed by atoms with van der Waals surface area (Å²) < 4.78 is 0. The third-order valence-electron chi connectivity index (χ3n) is 5.38. The lowest BCUT2D eigenvalue weighted by atomic mass is 10.0. The highest BCUT2D eigenvalue weighted by molar-refractivity contribution is 6.25. The van der Waals surface area contributed by atoms with E-state index in [-0.39, 0.29) is 30.4 Å². The molecule has 0 saturated carbocycles. The van der Waals surface area contributed by atoms with Gasteiger partial charge in [0, 0.05) is 25.6 Å². The van der Waals surface area contributed by atoms with Crippen LogP contribution >= 0.6 is 0 Å². The Balaban J connectivity index is 1.62. The van der Waals surface area contributed by atoms with E-state index in [1.807, 2.05) is 0 Å². The molecule has 1 unspecified atom stereocenters. The molecule has 0 radical (unpaired) electrons. The Kier molecular flexibility index (Phi) is 6.86. The third-order valence-corrected chi connectivity index (χ3v) is 5.38. The zero-order chi connectivity index (χ0) is 23.4. The molecule has 170 valence electrons. The fourth-order valence-electron chi connectivity index (χ4n) is 3.86. The highest BCUT2D eigenvalue weighted by Gasteiger charge is 2.45. The lowest BCUT2D eigenvalue weighted by Crippen LogP contribution is -2.54. The molecular weight excluding hydrogens is 420 g/mol. The Hall–Kier alpha value is -3.76. The molecule has 5 amide bonds. The zero-order valence-corrected chi connectivity index (χ0v) is 17.5. The van der Waals surface area contributed by atoms with Gasteiger partial charge in [-0.3, -0.25) is 34.2 Å². The predicted molar refractivity (Wildman–Crippen MR) is 111 cm³/mol. The first-order chi connectivity index (χ1) is 15.2. The van der Waals surface area contributed by atoms with Crippen molar-refractivity contribution < 1.29 is 33.9 Å². The fourth-order valence-corrected chi connectivity index (χ4v) is 3.86. The normalized spacial score (nSPS) is 18.8. The molecule has 2 atom stereocenters. The predicted octanol–water partition coefficient (Wildman–Crippen LogP) is 0.259. The third kappa shape index (κ3) is 4.76. The molecule has 11 heteroatoms. The number of piperidine rings is 1. The van der Waals surface area contributed by atoms with E-state index in [4.69, 9.17) is 5.11 Å². The molecule has 2 heterocycles. The number of nitrogens with zero attached hydrogens (tertiary/aromatic N) is 1. The number of carboxylic acid groups (broad SMARTS) is 1. The second-order valence-corrected chi connectivity index (χ2v) is 7.69. The van der Waals surface area contributed by atoms with Crippen LogP contribution in [0.4, 0.5) is 5.69 Å². The monoisotopic (exact) mass is 444 g/mol. The maximum absolute atomic E-state index is 13.0. The summed E-state index contributed by atoms with van der Waals surface area (Å²) in [7, 11) is 0. The smallest absolute Gasteiger partial charge is 0.326 e. The largest absolute Gasteiger partial charge is 0.480 e. The molecule has 1 aromatic rings. The van der Waals surface area contributed by atoms with Gasteiger partial charge in [0.15, 0.2) is 0 Å². The van der Waals surface area contributed by atoms with Crippen molar-refractivity contribution in [3.63, 3.8) is 0 Å². The number of aliphatic carboxylic acids is 1. The molecule has 3 rings (SSSR count). The van der Waals surface area contributed by atoms with Gasteiger partial charge >= 0.3 is 5.97 Å². The van der Waals surface area contributed by atoms with E-state index in [2.05, 4.69) is 16.0 Å². The van der Waals surface area contributed by atoms with Crippen molar-refractivity contribution in [1.29, 1.82) is 0 Å². The second-order valence-electron chi connectivity index (χ2n) is 7.69. The number of fused-ring (bicyclic) bond motifs is 1. The van der Waals surface area contributed by atoms with Gasteiger partial charge in [-0.05, 0) is 37.8 Å². The van der Waals surface area contributed by atoms with Crippen molar-refractivity contribution >= 4 is 41.2 Å². The number of imide groups is 2. The average molecular weight is 444 g/mol. The summed E-state index contributed by atoms with van der Waals surface area (Å²) in [6, 6.07) is 2.79. The lowest BCUT2D eigenvalue weighted by molar-refractivity contribution is -0.141. The van der Waals surface area contributed by atoms with E-state index in [9.17, 15) is 28.8 Å². The number of anilines is 1. The van der Waals surface area contributed by atoms with Crippen LogP contribution in [0.25, 0.3) is 0 Å². The Labute approximate surface area is 183 Å². The second kappa shape index (κ2) is 9.58. The molecule has 0 aliphatic carbocycles. The summed E-state index contributed by atoms with van der Waals surface area (Å²) in [5, 5.41) is 16.8. The molecule has 0 spiro atoms. The Morgan fingerprint density at radius 3 is 2.59 bits per heavy atom. The number of hydrogen-bond acceptors (Lipinski definition) is 7. The lowest BCUT2D eigenvalue weighted by Gasteiger charge is -2.27. The van der Waals surface area contributed by atoms with Crippen LogP contribution < -0.4 is 16.0 Å². The Morgan fingerprint density at radius 2 is 1.94 bits per heavy atom. The molecule has 11 nitrogen and oxygen atoms in total. The van der Waals surface area contributed by atoms with Crippen LogP contribution in [0.5, 0.6) is 0 Å². The van der Waals surface area contributed by atoms with Crippen LogP contribution in [-0.2, 0) is 19.2 Å². The van der Waals surface area contributed by atoms with Crippen molar-refractivity contribution in [2.24, 2.45) is 0 Å².